The summed E-state index contributed by atoms with van der Waals surface area (Å²) in [5.74, 6) is 0.846. The number of methoxy groups -OCH3 is 1. The summed E-state index contributed by atoms with van der Waals surface area (Å²) in [7, 11) is 1.69. The maximum atomic E-state index is 5.06. The molecule has 1 aromatic carbocycles. The van der Waals surface area contributed by atoms with Gasteiger partial charge in [0.25, 0.3) is 0 Å². The monoisotopic (exact) mass is 319 g/mol. The lowest BCUT2D eigenvalue weighted by atomic mass is 9.89. The molecule has 2 aromatic rings. The minimum absolute atomic E-state index is 0.657. The number of aromatic nitrogens is 2. The van der Waals surface area contributed by atoms with Crippen LogP contribution in [0.2, 0.25) is 0 Å². The molecule has 0 radical (unpaired) electrons. The molecule has 0 bridgehead atoms. The molecule has 0 unspecified atom stereocenters. The van der Waals surface area contributed by atoms with Gasteiger partial charge in [0.1, 0.15) is 5.82 Å². The molecule has 22 heavy (non-hydrogen) atoms. The summed E-state index contributed by atoms with van der Waals surface area (Å²) in [6.45, 7) is 12.5. The van der Waals surface area contributed by atoms with E-state index in [0.29, 0.717) is 6.61 Å². The second-order valence-corrected chi connectivity index (χ2v) is 6.47. The molecule has 1 aromatic heterocycles. The van der Waals surface area contributed by atoms with E-state index in [9.17, 15) is 0 Å². The molecule has 0 aliphatic rings. The van der Waals surface area contributed by atoms with E-state index < -0.39 is 0 Å². The van der Waals surface area contributed by atoms with Gasteiger partial charge in [-0.25, -0.2) is 4.98 Å². The lowest BCUT2D eigenvalue weighted by Gasteiger charge is -2.18. The predicted molar refractivity (Wildman–Crippen MR) is 92.9 cm³/mol. The van der Waals surface area contributed by atoms with Crippen LogP contribution in [0.5, 0.6) is 0 Å². The van der Waals surface area contributed by atoms with Gasteiger partial charge in [0.2, 0.25) is 5.13 Å². The second-order valence-electron chi connectivity index (χ2n) is 5.72. The Hall–Kier alpha value is -1.46. The Labute approximate surface area is 137 Å². The summed E-state index contributed by atoms with van der Waals surface area (Å²) >= 11 is 1.41. The van der Waals surface area contributed by atoms with Crippen molar-refractivity contribution in [1.82, 2.24) is 9.36 Å². The molecular formula is C17H25N3OS. The van der Waals surface area contributed by atoms with Gasteiger partial charge in [0.15, 0.2) is 0 Å². The number of ether oxygens (including phenoxy) is 1. The van der Waals surface area contributed by atoms with Gasteiger partial charge in [0, 0.05) is 31.6 Å². The maximum Gasteiger partial charge on any atom is 0.202 e. The Balaban J connectivity index is 2.13. The number of anilines is 1. The van der Waals surface area contributed by atoms with Crippen molar-refractivity contribution in [3.63, 3.8) is 0 Å². The minimum Gasteiger partial charge on any atom is -0.384 e. The van der Waals surface area contributed by atoms with Crippen LogP contribution in [0.25, 0.3) is 0 Å². The molecule has 120 valence electrons. The third kappa shape index (κ3) is 3.47. The highest BCUT2D eigenvalue weighted by Crippen LogP contribution is 2.26. The molecule has 0 aliphatic carbocycles. The van der Waals surface area contributed by atoms with Crippen molar-refractivity contribution >= 4 is 16.7 Å². The first-order valence-electron chi connectivity index (χ1n) is 7.57. The van der Waals surface area contributed by atoms with Gasteiger partial charge < -0.3 is 10.1 Å². The van der Waals surface area contributed by atoms with E-state index in [1.54, 1.807) is 7.11 Å². The van der Waals surface area contributed by atoms with Gasteiger partial charge in [-0.2, -0.15) is 4.37 Å². The summed E-state index contributed by atoms with van der Waals surface area (Å²) in [6.07, 6.45) is 0.759. The number of nitrogens with zero attached hydrogens (tertiary/aromatic N) is 2. The zero-order valence-electron chi connectivity index (χ0n) is 14.3. The summed E-state index contributed by atoms with van der Waals surface area (Å²) in [4.78, 5) is 4.50. The number of hydrogen-bond acceptors (Lipinski definition) is 5. The average Bonchev–Trinajstić information content (AvgIpc) is 2.97. The van der Waals surface area contributed by atoms with E-state index in [1.807, 2.05) is 0 Å². The third-order valence-corrected chi connectivity index (χ3v) is 5.28. The van der Waals surface area contributed by atoms with Gasteiger partial charge in [-0.15, -0.1) is 0 Å². The van der Waals surface area contributed by atoms with E-state index in [0.717, 1.165) is 23.9 Å². The van der Waals surface area contributed by atoms with Crippen LogP contribution in [0.15, 0.2) is 0 Å². The van der Waals surface area contributed by atoms with Crippen molar-refractivity contribution in [2.75, 3.05) is 19.0 Å². The quantitative estimate of drug-likeness (QED) is 0.877. The van der Waals surface area contributed by atoms with Crippen molar-refractivity contribution in [3.8, 4) is 0 Å². The number of hydrogen-bond donors (Lipinski definition) is 1. The zero-order chi connectivity index (χ0) is 16.3. The van der Waals surface area contributed by atoms with Crippen LogP contribution < -0.4 is 5.32 Å². The molecule has 0 amide bonds. The summed E-state index contributed by atoms with van der Waals surface area (Å²) in [6, 6.07) is 0. The highest BCUT2D eigenvalue weighted by Gasteiger charge is 2.12. The Morgan fingerprint density at radius 3 is 2.14 bits per heavy atom. The lowest BCUT2D eigenvalue weighted by molar-refractivity contribution is 0.201. The highest BCUT2D eigenvalue weighted by molar-refractivity contribution is 7.09. The molecule has 1 heterocycles. The van der Waals surface area contributed by atoms with E-state index >= 15 is 0 Å². The molecule has 0 saturated heterocycles. The van der Waals surface area contributed by atoms with E-state index in [4.69, 9.17) is 4.74 Å². The lowest BCUT2D eigenvalue weighted by Crippen LogP contribution is -2.08. The highest BCUT2D eigenvalue weighted by atomic mass is 32.1. The first kappa shape index (κ1) is 16.9. The van der Waals surface area contributed by atoms with Crippen LogP contribution in [0.1, 0.15) is 39.2 Å². The molecule has 5 heteroatoms. The summed E-state index contributed by atoms with van der Waals surface area (Å²) < 4.78 is 9.41. The summed E-state index contributed by atoms with van der Waals surface area (Å²) in [5, 5.41) is 4.29. The fourth-order valence-electron chi connectivity index (χ4n) is 2.63. The third-order valence-electron chi connectivity index (χ3n) is 4.57. The zero-order valence-corrected chi connectivity index (χ0v) is 15.1. The molecule has 1 N–H and O–H groups in total. The molecule has 0 aliphatic heterocycles. The standard InChI is InChI=1S/C17H25N3OS/c1-10-11(2)13(4)15(14(5)12(10)3)9-18-17-19-16(20-22-17)7-8-21-6/h7-9H2,1-6H3,(H,18,19,20). The minimum atomic E-state index is 0.657. The number of nitrogens with one attached hydrogen (secondary N) is 1. The Kier molecular flexibility index (Phi) is 5.53. The van der Waals surface area contributed by atoms with Crippen LogP contribution >= 0.6 is 11.5 Å². The van der Waals surface area contributed by atoms with Crippen LogP contribution in [-0.2, 0) is 17.7 Å². The van der Waals surface area contributed by atoms with E-state index in [2.05, 4.69) is 49.3 Å². The number of benzene rings is 1. The first-order chi connectivity index (χ1) is 10.5. The Morgan fingerprint density at radius 2 is 1.55 bits per heavy atom. The van der Waals surface area contributed by atoms with Gasteiger partial charge >= 0.3 is 0 Å². The summed E-state index contributed by atoms with van der Waals surface area (Å²) in [5.41, 5.74) is 8.29. The molecule has 0 fully saturated rings. The predicted octanol–water partition coefficient (Wildman–Crippen LogP) is 3.88. The second kappa shape index (κ2) is 7.20. The van der Waals surface area contributed by atoms with Crippen molar-refractivity contribution in [3.05, 3.63) is 39.2 Å². The number of rotatable bonds is 6. The van der Waals surface area contributed by atoms with Crippen LogP contribution in [0, 0.1) is 34.6 Å². The molecule has 0 saturated carbocycles. The van der Waals surface area contributed by atoms with Gasteiger partial charge in [-0.3, -0.25) is 0 Å². The topological polar surface area (TPSA) is 47.0 Å². The van der Waals surface area contributed by atoms with Crippen LogP contribution in [0.3, 0.4) is 0 Å². The first-order valence-corrected chi connectivity index (χ1v) is 8.34. The molecule has 2 rings (SSSR count). The van der Waals surface area contributed by atoms with Gasteiger partial charge in [0.05, 0.1) is 6.61 Å². The fraction of sp³-hybridized carbons (Fsp3) is 0.529. The molecule has 4 nitrogen and oxygen atoms in total. The maximum absolute atomic E-state index is 5.06. The Bertz CT molecular complexity index is 635. The smallest absolute Gasteiger partial charge is 0.202 e. The van der Waals surface area contributed by atoms with Crippen molar-refractivity contribution < 1.29 is 4.74 Å². The van der Waals surface area contributed by atoms with Crippen molar-refractivity contribution in [2.24, 2.45) is 0 Å². The fourth-order valence-corrected chi connectivity index (χ4v) is 3.23. The SMILES string of the molecule is COCCc1nsc(NCc2c(C)c(C)c(C)c(C)c2C)n1. The average molecular weight is 319 g/mol. The molecular weight excluding hydrogens is 294 g/mol. The molecule has 0 spiro atoms. The molecule has 0 atom stereocenters. The normalized spacial score (nSPS) is 11.0. The van der Waals surface area contributed by atoms with Gasteiger partial charge in [-0.05, 0) is 68.0 Å². The largest absolute Gasteiger partial charge is 0.384 e. The van der Waals surface area contributed by atoms with Crippen LogP contribution in [0.4, 0.5) is 5.13 Å². The van der Waals surface area contributed by atoms with Crippen molar-refractivity contribution in [1.29, 1.82) is 0 Å². The van der Waals surface area contributed by atoms with Gasteiger partial charge in [-0.1, -0.05) is 0 Å². The van der Waals surface area contributed by atoms with Crippen LogP contribution in [-0.4, -0.2) is 23.1 Å². The van der Waals surface area contributed by atoms with E-state index in [-0.39, 0.29) is 0 Å². The Morgan fingerprint density at radius 1 is 0.955 bits per heavy atom. The van der Waals surface area contributed by atoms with E-state index in [1.165, 1.54) is 44.9 Å². The van der Waals surface area contributed by atoms with Crippen molar-refractivity contribution in [2.45, 2.75) is 47.6 Å².